The fraction of sp³-hybridized carbons (Fsp3) is 0. The van der Waals surface area contributed by atoms with Gasteiger partial charge in [0.25, 0.3) is 0 Å². The van der Waals surface area contributed by atoms with Crippen LogP contribution in [0.5, 0.6) is 0 Å². The van der Waals surface area contributed by atoms with Crippen LogP contribution in [0.25, 0.3) is 22.4 Å². The SMILES string of the molecule is N/C(=N\O)c1ccc(-c2ccc(-c3ccc(/C(N)=N/O)cc3)nc2)cc1. The first kappa shape index (κ1) is 17.0. The van der Waals surface area contributed by atoms with Gasteiger partial charge >= 0.3 is 0 Å². The number of hydrogen-bond acceptors (Lipinski definition) is 5. The van der Waals surface area contributed by atoms with Crippen LogP contribution in [0, 0.1) is 0 Å². The maximum Gasteiger partial charge on any atom is 0.170 e. The Morgan fingerprint density at radius 2 is 1.12 bits per heavy atom. The van der Waals surface area contributed by atoms with Crippen LogP contribution in [-0.4, -0.2) is 27.1 Å². The summed E-state index contributed by atoms with van der Waals surface area (Å²) >= 11 is 0. The van der Waals surface area contributed by atoms with Crippen molar-refractivity contribution in [3.63, 3.8) is 0 Å². The summed E-state index contributed by atoms with van der Waals surface area (Å²) in [6.07, 6.45) is 1.78. The first-order valence-corrected chi connectivity index (χ1v) is 7.75. The molecule has 0 saturated heterocycles. The van der Waals surface area contributed by atoms with Gasteiger partial charge in [0, 0.05) is 28.5 Å². The zero-order chi connectivity index (χ0) is 18.5. The molecule has 0 fully saturated rings. The molecule has 26 heavy (non-hydrogen) atoms. The maximum atomic E-state index is 8.70. The largest absolute Gasteiger partial charge is 0.409 e. The number of oxime groups is 2. The number of aromatic nitrogens is 1. The standard InChI is InChI=1S/C19H17N5O2/c20-18(23-25)14-5-1-12(2-6-14)16-9-10-17(22-11-16)13-3-7-15(8-4-13)19(21)24-26/h1-11,25-26H,(H2,20,23)(H2,21,24). The van der Waals surface area contributed by atoms with Crippen molar-refractivity contribution in [3.8, 4) is 22.4 Å². The highest BCUT2D eigenvalue weighted by molar-refractivity contribution is 5.98. The highest BCUT2D eigenvalue weighted by Crippen LogP contribution is 2.23. The second kappa shape index (κ2) is 7.35. The average Bonchev–Trinajstić information content (AvgIpc) is 2.73. The van der Waals surface area contributed by atoms with E-state index in [-0.39, 0.29) is 11.7 Å². The van der Waals surface area contributed by atoms with Gasteiger partial charge in [-0.15, -0.1) is 0 Å². The molecule has 0 saturated carbocycles. The van der Waals surface area contributed by atoms with E-state index in [2.05, 4.69) is 15.3 Å². The van der Waals surface area contributed by atoms with Crippen molar-refractivity contribution >= 4 is 11.7 Å². The molecule has 0 aliphatic rings. The predicted octanol–water partition coefficient (Wildman–Crippen LogP) is 2.60. The van der Waals surface area contributed by atoms with Gasteiger partial charge in [-0.1, -0.05) is 64.9 Å². The molecule has 130 valence electrons. The van der Waals surface area contributed by atoms with Gasteiger partial charge in [-0.05, 0) is 11.6 Å². The van der Waals surface area contributed by atoms with Crippen molar-refractivity contribution in [2.45, 2.75) is 0 Å². The molecular weight excluding hydrogens is 330 g/mol. The van der Waals surface area contributed by atoms with Crippen LogP contribution in [0.15, 0.2) is 77.2 Å². The minimum atomic E-state index is 0.0650. The summed E-state index contributed by atoms with van der Waals surface area (Å²) in [5.74, 6) is 0.135. The smallest absolute Gasteiger partial charge is 0.170 e. The number of nitrogens with two attached hydrogens (primary N) is 2. The molecule has 0 spiro atoms. The molecule has 0 bridgehead atoms. The average molecular weight is 347 g/mol. The summed E-state index contributed by atoms with van der Waals surface area (Å²) in [7, 11) is 0. The van der Waals surface area contributed by atoms with Crippen molar-refractivity contribution in [2.75, 3.05) is 0 Å². The lowest BCUT2D eigenvalue weighted by Gasteiger charge is -2.06. The predicted molar refractivity (Wildman–Crippen MR) is 100 cm³/mol. The Kier molecular flexibility index (Phi) is 4.80. The fourth-order valence-electron chi connectivity index (χ4n) is 2.50. The van der Waals surface area contributed by atoms with Gasteiger partial charge in [0.1, 0.15) is 0 Å². The zero-order valence-electron chi connectivity index (χ0n) is 13.7. The van der Waals surface area contributed by atoms with Crippen LogP contribution >= 0.6 is 0 Å². The maximum absolute atomic E-state index is 8.70. The van der Waals surface area contributed by atoms with Gasteiger partial charge in [-0.2, -0.15) is 0 Å². The quantitative estimate of drug-likeness (QED) is 0.249. The lowest BCUT2D eigenvalue weighted by atomic mass is 10.0. The molecule has 1 heterocycles. The molecule has 0 atom stereocenters. The topological polar surface area (TPSA) is 130 Å². The first-order valence-electron chi connectivity index (χ1n) is 7.75. The van der Waals surface area contributed by atoms with E-state index in [1.54, 1.807) is 30.5 Å². The van der Waals surface area contributed by atoms with Gasteiger partial charge < -0.3 is 21.9 Å². The molecule has 0 aliphatic heterocycles. The van der Waals surface area contributed by atoms with Gasteiger partial charge in [0.05, 0.1) is 5.69 Å². The summed E-state index contributed by atoms with van der Waals surface area (Å²) < 4.78 is 0. The van der Waals surface area contributed by atoms with E-state index in [4.69, 9.17) is 21.9 Å². The first-order chi connectivity index (χ1) is 12.6. The fourth-order valence-corrected chi connectivity index (χ4v) is 2.50. The number of benzene rings is 2. The van der Waals surface area contributed by atoms with E-state index < -0.39 is 0 Å². The number of pyridine rings is 1. The van der Waals surface area contributed by atoms with Gasteiger partial charge in [-0.25, -0.2) is 0 Å². The Balaban J connectivity index is 1.82. The van der Waals surface area contributed by atoms with Crippen molar-refractivity contribution in [2.24, 2.45) is 21.8 Å². The van der Waals surface area contributed by atoms with Crippen LogP contribution in [0.4, 0.5) is 0 Å². The normalized spacial score (nSPS) is 12.2. The minimum Gasteiger partial charge on any atom is -0.409 e. The van der Waals surface area contributed by atoms with E-state index in [0.29, 0.717) is 11.1 Å². The van der Waals surface area contributed by atoms with E-state index in [1.807, 2.05) is 36.4 Å². The minimum absolute atomic E-state index is 0.0650. The van der Waals surface area contributed by atoms with E-state index in [9.17, 15) is 0 Å². The molecular formula is C19H17N5O2. The Bertz CT molecular complexity index is 866. The number of hydrogen-bond donors (Lipinski definition) is 4. The number of rotatable bonds is 4. The molecule has 0 radical (unpaired) electrons. The summed E-state index contributed by atoms with van der Waals surface area (Å²) in [5.41, 5.74) is 16.1. The lowest BCUT2D eigenvalue weighted by molar-refractivity contribution is 0.318. The van der Waals surface area contributed by atoms with Crippen molar-refractivity contribution in [3.05, 3.63) is 78.0 Å². The van der Waals surface area contributed by atoms with E-state index in [1.165, 1.54) is 0 Å². The van der Waals surface area contributed by atoms with Crippen molar-refractivity contribution < 1.29 is 10.4 Å². The molecule has 0 unspecified atom stereocenters. The highest BCUT2D eigenvalue weighted by atomic mass is 16.4. The molecule has 7 heteroatoms. The molecule has 3 rings (SSSR count). The summed E-state index contributed by atoms with van der Waals surface area (Å²) in [6, 6.07) is 18.5. The van der Waals surface area contributed by atoms with Crippen LogP contribution < -0.4 is 11.5 Å². The summed E-state index contributed by atoms with van der Waals surface area (Å²) in [5, 5.41) is 23.4. The third kappa shape index (κ3) is 3.46. The second-order valence-electron chi connectivity index (χ2n) is 5.56. The van der Waals surface area contributed by atoms with Crippen LogP contribution in [0.3, 0.4) is 0 Å². The third-order valence-electron chi connectivity index (χ3n) is 3.97. The molecule has 2 aromatic carbocycles. The van der Waals surface area contributed by atoms with Crippen molar-refractivity contribution in [1.29, 1.82) is 0 Å². The van der Waals surface area contributed by atoms with Crippen LogP contribution in [0.1, 0.15) is 11.1 Å². The lowest BCUT2D eigenvalue weighted by Crippen LogP contribution is -2.12. The van der Waals surface area contributed by atoms with Crippen LogP contribution in [-0.2, 0) is 0 Å². The van der Waals surface area contributed by atoms with E-state index >= 15 is 0 Å². The molecule has 7 nitrogen and oxygen atoms in total. The molecule has 1 aromatic heterocycles. The Hall–Kier alpha value is -3.87. The molecule has 6 N–H and O–H groups in total. The van der Waals surface area contributed by atoms with Gasteiger partial charge in [-0.3, -0.25) is 4.98 Å². The monoisotopic (exact) mass is 347 g/mol. The Labute approximate surface area is 149 Å². The van der Waals surface area contributed by atoms with Crippen molar-refractivity contribution in [1.82, 2.24) is 4.98 Å². The molecule has 0 aliphatic carbocycles. The molecule has 0 amide bonds. The Morgan fingerprint density at radius 1 is 0.654 bits per heavy atom. The van der Waals surface area contributed by atoms with Gasteiger partial charge in [0.15, 0.2) is 11.7 Å². The zero-order valence-corrected chi connectivity index (χ0v) is 13.7. The molecule has 3 aromatic rings. The number of amidine groups is 2. The summed E-state index contributed by atoms with van der Waals surface area (Å²) in [6.45, 7) is 0. The Morgan fingerprint density at radius 3 is 1.54 bits per heavy atom. The second-order valence-corrected chi connectivity index (χ2v) is 5.56. The third-order valence-corrected chi connectivity index (χ3v) is 3.97. The summed E-state index contributed by atoms with van der Waals surface area (Å²) in [4.78, 5) is 4.49. The van der Waals surface area contributed by atoms with Crippen LogP contribution in [0.2, 0.25) is 0 Å². The van der Waals surface area contributed by atoms with E-state index in [0.717, 1.165) is 22.4 Å². The van der Waals surface area contributed by atoms with Gasteiger partial charge in [0.2, 0.25) is 0 Å². The highest BCUT2D eigenvalue weighted by Gasteiger charge is 2.05. The number of nitrogens with zero attached hydrogens (tertiary/aromatic N) is 3.